The minimum absolute atomic E-state index is 1.13. The molecule has 2 heterocycles. The zero-order chi connectivity index (χ0) is 8.27. The largest absolute Gasteiger partial charge is 0.307 e. The van der Waals surface area contributed by atoms with Crippen LogP contribution in [-0.4, -0.2) is 16.6 Å². The summed E-state index contributed by atoms with van der Waals surface area (Å²) in [5.41, 5.74) is 2.79. The predicted molar refractivity (Wildman–Crippen MR) is 42.4 cm³/mol. The summed E-state index contributed by atoms with van der Waals surface area (Å²) in [5.74, 6) is 0. The molecule has 0 N–H and O–H groups in total. The third kappa shape index (κ3) is 1.31. The lowest BCUT2D eigenvalue weighted by atomic mass is 10.2. The van der Waals surface area contributed by atoms with E-state index in [-0.39, 0.29) is 0 Å². The van der Waals surface area contributed by atoms with E-state index < -0.39 is 0 Å². The molecule has 0 aliphatic carbocycles. The smallest absolute Gasteiger partial charge is 0.106 e. The van der Waals surface area contributed by atoms with Crippen molar-refractivity contribution < 1.29 is 4.79 Å². The quantitative estimate of drug-likeness (QED) is 0.554. The molecule has 60 valence electrons. The van der Waals surface area contributed by atoms with Crippen LogP contribution in [0.2, 0.25) is 0 Å². The van der Waals surface area contributed by atoms with E-state index in [1.54, 1.807) is 0 Å². The average Bonchev–Trinajstić information content (AvgIpc) is 2.60. The minimum atomic E-state index is 1.13. The van der Waals surface area contributed by atoms with Crippen LogP contribution in [-0.2, 0) is 17.8 Å². The van der Waals surface area contributed by atoms with E-state index in [1.165, 1.54) is 24.1 Å². The molecular weight excluding hydrogens is 140 g/mol. The van der Waals surface area contributed by atoms with E-state index >= 15 is 0 Å². The Morgan fingerprint density at radius 1 is 1.64 bits per heavy atom. The summed E-state index contributed by atoms with van der Waals surface area (Å²) in [6.07, 6.45) is 4.46. The molecule has 0 amide bonds. The highest BCUT2D eigenvalue weighted by Gasteiger charge is 2.12. The first-order valence-corrected chi connectivity index (χ1v) is 3.68. The number of hydrogen-bond donors (Lipinski definition) is 0. The third-order valence-electron chi connectivity index (χ3n) is 1.94. The van der Waals surface area contributed by atoms with Gasteiger partial charge in [0, 0.05) is 12.2 Å². The van der Waals surface area contributed by atoms with E-state index in [1.807, 2.05) is 13.0 Å². The fraction of sp³-hybridized carbons (Fsp3) is 0.500. The first-order valence-electron chi connectivity index (χ1n) is 3.68. The van der Waals surface area contributed by atoms with Crippen molar-refractivity contribution >= 4 is 6.79 Å². The second-order valence-electron chi connectivity index (χ2n) is 2.60. The second-order valence-corrected chi connectivity index (χ2v) is 2.60. The first kappa shape index (κ1) is 7.98. The summed E-state index contributed by atoms with van der Waals surface area (Å²) < 4.78 is 2.11. The van der Waals surface area contributed by atoms with Crippen LogP contribution in [0.15, 0.2) is 6.20 Å². The number of carbonyl (C=O) groups is 1. The highest BCUT2D eigenvalue weighted by atomic mass is 16.1. The molecule has 0 radical (unpaired) electrons. The van der Waals surface area contributed by atoms with Crippen molar-refractivity contribution in [3.63, 3.8) is 0 Å². The Morgan fingerprint density at radius 2 is 2.36 bits per heavy atom. The van der Waals surface area contributed by atoms with Crippen LogP contribution in [0.3, 0.4) is 0 Å². The maximum atomic E-state index is 8.00. The highest BCUT2D eigenvalue weighted by Crippen LogP contribution is 2.16. The first-order chi connectivity index (χ1) is 5.38. The molecule has 0 bridgehead atoms. The van der Waals surface area contributed by atoms with Crippen LogP contribution in [0.1, 0.15) is 17.7 Å². The molecule has 1 aliphatic rings. The normalized spacial score (nSPS) is 13.5. The van der Waals surface area contributed by atoms with Crippen molar-refractivity contribution in [3.05, 3.63) is 17.5 Å². The summed E-state index contributed by atoms with van der Waals surface area (Å²) in [7, 11) is 0. The SMILES string of the molecule is C=O.Cc1cnn2c1CCC2. The van der Waals surface area contributed by atoms with E-state index in [0.717, 1.165) is 6.54 Å². The summed E-state index contributed by atoms with van der Waals surface area (Å²) in [6, 6.07) is 0. The number of aromatic nitrogens is 2. The molecule has 3 nitrogen and oxygen atoms in total. The van der Waals surface area contributed by atoms with Crippen LogP contribution in [0.4, 0.5) is 0 Å². The fourth-order valence-electron chi connectivity index (χ4n) is 1.42. The number of aryl methyl sites for hydroxylation is 2. The molecule has 0 saturated heterocycles. The Kier molecular flexibility index (Phi) is 2.41. The number of rotatable bonds is 0. The van der Waals surface area contributed by atoms with Gasteiger partial charge >= 0.3 is 0 Å². The van der Waals surface area contributed by atoms with Gasteiger partial charge in [-0.3, -0.25) is 4.68 Å². The molecule has 2 rings (SSSR count). The van der Waals surface area contributed by atoms with E-state index in [4.69, 9.17) is 4.79 Å². The highest BCUT2D eigenvalue weighted by molar-refractivity contribution is 5.17. The van der Waals surface area contributed by atoms with Crippen molar-refractivity contribution in [3.8, 4) is 0 Å². The zero-order valence-corrected chi connectivity index (χ0v) is 6.71. The lowest BCUT2D eigenvalue weighted by Gasteiger charge is -1.90. The van der Waals surface area contributed by atoms with E-state index in [2.05, 4.69) is 16.7 Å². The molecule has 3 heteroatoms. The Hall–Kier alpha value is -1.12. The molecule has 0 spiro atoms. The number of nitrogens with zero attached hydrogens (tertiary/aromatic N) is 2. The number of fused-ring (bicyclic) bond motifs is 1. The summed E-state index contributed by atoms with van der Waals surface area (Å²) in [4.78, 5) is 8.00. The summed E-state index contributed by atoms with van der Waals surface area (Å²) in [5, 5.41) is 4.21. The van der Waals surface area contributed by atoms with Gasteiger partial charge in [-0.1, -0.05) is 0 Å². The third-order valence-corrected chi connectivity index (χ3v) is 1.94. The molecule has 1 aliphatic heterocycles. The van der Waals surface area contributed by atoms with Gasteiger partial charge in [0.2, 0.25) is 0 Å². The van der Waals surface area contributed by atoms with Crippen molar-refractivity contribution in [2.45, 2.75) is 26.3 Å². The maximum Gasteiger partial charge on any atom is 0.106 e. The Labute approximate surface area is 66.0 Å². The molecular formula is C8H12N2O. The molecule has 0 saturated carbocycles. The van der Waals surface area contributed by atoms with Gasteiger partial charge in [0.1, 0.15) is 6.79 Å². The standard InChI is InChI=1S/C7H10N2.CH2O/c1-6-5-8-9-4-2-3-7(6)9;1-2/h5H,2-4H2,1H3;1H2. The molecule has 1 aromatic rings. The van der Waals surface area contributed by atoms with Crippen LogP contribution in [0, 0.1) is 6.92 Å². The van der Waals surface area contributed by atoms with Crippen LogP contribution < -0.4 is 0 Å². The monoisotopic (exact) mass is 152 g/mol. The zero-order valence-electron chi connectivity index (χ0n) is 6.71. The topological polar surface area (TPSA) is 34.9 Å². The Morgan fingerprint density at radius 3 is 3.00 bits per heavy atom. The lowest BCUT2D eigenvalue weighted by molar-refractivity contribution is -0.0979. The maximum absolute atomic E-state index is 8.00. The lowest BCUT2D eigenvalue weighted by Crippen LogP contribution is -1.92. The van der Waals surface area contributed by atoms with E-state index in [9.17, 15) is 0 Å². The van der Waals surface area contributed by atoms with E-state index in [0.29, 0.717) is 0 Å². The Bertz CT molecular complexity index is 242. The van der Waals surface area contributed by atoms with Gasteiger partial charge in [0.25, 0.3) is 0 Å². The summed E-state index contributed by atoms with van der Waals surface area (Å²) in [6.45, 7) is 5.26. The molecule has 0 unspecified atom stereocenters. The summed E-state index contributed by atoms with van der Waals surface area (Å²) >= 11 is 0. The van der Waals surface area contributed by atoms with Crippen LogP contribution in [0.5, 0.6) is 0 Å². The predicted octanol–water partition coefficient (Wildman–Crippen LogP) is 0.953. The number of hydrogen-bond acceptors (Lipinski definition) is 2. The molecule has 11 heavy (non-hydrogen) atoms. The second kappa shape index (κ2) is 3.32. The van der Waals surface area contributed by atoms with Crippen molar-refractivity contribution in [2.24, 2.45) is 0 Å². The van der Waals surface area contributed by atoms with Gasteiger partial charge in [0.05, 0.1) is 6.20 Å². The van der Waals surface area contributed by atoms with Gasteiger partial charge in [-0.05, 0) is 25.3 Å². The van der Waals surface area contributed by atoms with Crippen molar-refractivity contribution in [1.82, 2.24) is 9.78 Å². The molecule has 0 atom stereocenters. The fourth-order valence-corrected chi connectivity index (χ4v) is 1.42. The molecule has 0 aromatic carbocycles. The van der Waals surface area contributed by atoms with Gasteiger partial charge in [0.15, 0.2) is 0 Å². The van der Waals surface area contributed by atoms with Crippen molar-refractivity contribution in [1.29, 1.82) is 0 Å². The van der Waals surface area contributed by atoms with Crippen LogP contribution >= 0.6 is 0 Å². The van der Waals surface area contributed by atoms with Gasteiger partial charge in [-0.15, -0.1) is 0 Å². The van der Waals surface area contributed by atoms with Crippen LogP contribution in [0.25, 0.3) is 0 Å². The van der Waals surface area contributed by atoms with Gasteiger partial charge in [-0.25, -0.2) is 0 Å². The van der Waals surface area contributed by atoms with Gasteiger partial charge < -0.3 is 4.79 Å². The average molecular weight is 152 g/mol. The molecule has 0 fully saturated rings. The Balaban J connectivity index is 0.000000281. The van der Waals surface area contributed by atoms with Gasteiger partial charge in [-0.2, -0.15) is 5.10 Å². The number of carbonyl (C=O) groups excluding carboxylic acids is 1. The molecule has 1 aromatic heterocycles. The minimum Gasteiger partial charge on any atom is -0.307 e. The van der Waals surface area contributed by atoms with Crippen molar-refractivity contribution in [2.75, 3.05) is 0 Å².